The van der Waals surface area contributed by atoms with Gasteiger partial charge in [-0.25, -0.2) is 0 Å². The maximum Gasteiger partial charge on any atom is 0.0561 e. The van der Waals surface area contributed by atoms with Crippen molar-refractivity contribution in [3.05, 3.63) is 65.7 Å². The quantitative estimate of drug-likeness (QED) is 0.654. The normalized spacial score (nSPS) is 11.1. The van der Waals surface area contributed by atoms with E-state index in [9.17, 15) is 0 Å². The highest BCUT2D eigenvalue weighted by Gasteiger charge is 2.00. The van der Waals surface area contributed by atoms with Gasteiger partial charge in [-0.15, -0.1) is 0 Å². The molecule has 0 unspecified atom stereocenters. The van der Waals surface area contributed by atoms with E-state index in [1.807, 2.05) is 42.6 Å². The van der Waals surface area contributed by atoms with E-state index in [1.165, 1.54) is 5.56 Å². The van der Waals surface area contributed by atoms with Gasteiger partial charge in [0.1, 0.15) is 0 Å². The number of rotatable bonds is 5. The number of nitrogens with one attached hydrogen (secondary N) is 1. The number of para-hydroxylation sites is 1. The third-order valence-electron chi connectivity index (χ3n) is 2.71. The smallest absolute Gasteiger partial charge is 0.0561 e. The van der Waals surface area contributed by atoms with Crippen molar-refractivity contribution >= 4 is 11.9 Å². The Morgan fingerprint density at radius 2 is 1.68 bits per heavy atom. The third kappa shape index (κ3) is 4.23. The molecule has 98 valence electrons. The molecule has 0 heterocycles. The third-order valence-corrected chi connectivity index (χ3v) is 2.71. The summed E-state index contributed by atoms with van der Waals surface area (Å²) in [6.45, 7) is 0.910. The van der Waals surface area contributed by atoms with Crippen molar-refractivity contribution in [2.24, 2.45) is 5.10 Å². The summed E-state index contributed by atoms with van der Waals surface area (Å²) in [5, 5.41) is 4.29. The second kappa shape index (κ2) is 6.71. The molecular formula is C16H19N3. The first-order valence-electron chi connectivity index (χ1n) is 6.32. The summed E-state index contributed by atoms with van der Waals surface area (Å²) in [6, 6.07) is 18.2. The van der Waals surface area contributed by atoms with Crippen LogP contribution in [0.1, 0.15) is 11.1 Å². The Labute approximate surface area is 114 Å². The van der Waals surface area contributed by atoms with Gasteiger partial charge in [-0.2, -0.15) is 5.10 Å². The molecule has 0 aromatic heterocycles. The van der Waals surface area contributed by atoms with Crippen LogP contribution in [0.4, 0.5) is 5.69 Å². The van der Waals surface area contributed by atoms with Crippen LogP contribution in [0.5, 0.6) is 0 Å². The highest BCUT2D eigenvalue weighted by Crippen LogP contribution is 2.09. The Bertz CT molecular complexity index is 533. The van der Waals surface area contributed by atoms with Crippen molar-refractivity contribution < 1.29 is 0 Å². The van der Waals surface area contributed by atoms with Gasteiger partial charge in [0.05, 0.1) is 11.9 Å². The van der Waals surface area contributed by atoms with Crippen LogP contribution in [-0.2, 0) is 6.54 Å². The fraction of sp³-hybridized carbons (Fsp3) is 0.188. The number of hydrazone groups is 1. The van der Waals surface area contributed by atoms with Crippen molar-refractivity contribution in [3.8, 4) is 0 Å². The van der Waals surface area contributed by atoms with Gasteiger partial charge >= 0.3 is 0 Å². The summed E-state index contributed by atoms with van der Waals surface area (Å²) in [5.41, 5.74) is 6.43. The molecule has 3 nitrogen and oxygen atoms in total. The molecule has 0 aliphatic rings. The van der Waals surface area contributed by atoms with E-state index in [1.54, 1.807) is 0 Å². The maximum atomic E-state index is 4.29. The van der Waals surface area contributed by atoms with Crippen LogP contribution >= 0.6 is 0 Å². The van der Waals surface area contributed by atoms with Crippen LogP contribution in [-0.4, -0.2) is 25.2 Å². The largest absolute Gasteiger partial charge is 0.305 e. The van der Waals surface area contributed by atoms with E-state index in [2.05, 4.69) is 47.7 Å². The van der Waals surface area contributed by atoms with Crippen LogP contribution in [0.3, 0.4) is 0 Å². The van der Waals surface area contributed by atoms with Gasteiger partial charge in [-0.05, 0) is 37.4 Å². The molecule has 0 atom stereocenters. The zero-order chi connectivity index (χ0) is 13.5. The predicted molar refractivity (Wildman–Crippen MR) is 81.5 cm³/mol. The minimum absolute atomic E-state index is 0.910. The first-order valence-corrected chi connectivity index (χ1v) is 6.32. The molecule has 2 aromatic rings. The zero-order valence-electron chi connectivity index (χ0n) is 11.4. The van der Waals surface area contributed by atoms with E-state index in [4.69, 9.17) is 0 Å². The summed E-state index contributed by atoms with van der Waals surface area (Å²) >= 11 is 0. The number of hydrogen-bond donors (Lipinski definition) is 1. The maximum absolute atomic E-state index is 4.29. The lowest BCUT2D eigenvalue weighted by atomic mass is 10.1. The van der Waals surface area contributed by atoms with Crippen molar-refractivity contribution in [2.75, 3.05) is 19.5 Å². The molecule has 1 N–H and O–H groups in total. The lowest BCUT2D eigenvalue weighted by Crippen LogP contribution is -2.12. The molecular weight excluding hydrogens is 234 g/mol. The van der Waals surface area contributed by atoms with Gasteiger partial charge in [-0.3, -0.25) is 5.43 Å². The number of anilines is 1. The van der Waals surface area contributed by atoms with E-state index >= 15 is 0 Å². The van der Waals surface area contributed by atoms with Gasteiger partial charge < -0.3 is 4.90 Å². The molecule has 19 heavy (non-hydrogen) atoms. The summed E-state index contributed by atoms with van der Waals surface area (Å²) < 4.78 is 0. The van der Waals surface area contributed by atoms with Crippen LogP contribution in [0.25, 0.3) is 0 Å². The Balaban J connectivity index is 2.06. The molecule has 0 bridgehead atoms. The Morgan fingerprint density at radius 3 is 2.42 bits per heavy atom. The van der Waals surface area contributed by atoms with Gasteiger partial charge in [0.15, 0.2) is 0 Å². The Morgan fingerprint density at radius 1 is 1.00 bits per heavy atom. The predicted octanol–water partition coefficient (Wildman–Crippen LogP) is 3.19. The Hall–Kier alpha value is -2.13. The van der Waals surface area contributed by atoms with Crippen LogP contribution < -0.4 is 5.43 Å². The zero-order valence-corrected chi connectivity index (χ0v) is 11.4. The molecule has 0 saturated heterocycles. The number of hydrogen-bond acceptors (Lipinski definition) is 3. The molecule has 0 radical (unpaired) electrons. The van der Waals surface area contributed by atoms with Crippen LogP contribution in [0.15, 0.2) is 59.7 Å². The standard InChI is InChI=1S/C16H19N3/c1-19(2)13-15-9-7-6-8-14(15)12-17-18-16-10-4-3-5-11-16/h3-12,18H,13H2,1-2H3. The second-order valence-corrected chi connectivity index (χ2v) is 4.67. The second-order valence-electron chi connectivity index (χ2n) is 4.67. The number of nitrogens with zero attached hydrogens (tertiary/aromatic N) is 2. The number of benzene rings is 2. The lowest BCUT2D eigenvalue weighted by molar-refractivity contribution is 0.402. The molecule has 0 aliphatic carbocycles. The van der Waals surface area contributed by atoms with E-state index in [0.717, 1.165) is 17.8 Å². The summed E-state index contributed by atoms with van der Waals surface area (Å²) in [5.74, 6) is 0. The molecule has 0 spiro atoms. The average molecular weight is 253 g/mol. The van der Waals surface area contributed by atoms with Crippen molar-refractivity contribution in [1.82, 2.24) is 4.90 Å². The first kappa shape index (κ1) is 13.3. The van der Waals surface area contributed by atoms with Crippen molar-refractivity contribution in [1.29, 1.82) is 0 Å². The van der Waals surface area contributed by atoms with E-state index < -0.39 is 0 Å². The van der Waals surface area contributed by atoms with Gasteiger partial charge in [-0.1, -0.05) is 42.5 Å². The molecule has 0 saturated carbocycles. The van der Waals surface area contributed by atoms with Gasteiger partial charge in [0.2, 0.25) is 0 Å². The topological polar surface area (TPSA) is 27.6 Å². The highest BCUT2D eigenvalue weighted by molar-refractivity contribution is 5.82. The molecule has 0 fully saturated rings. The van der Waals surface area contributed by atoms with Gasteiger partial charge in [0.25, 0.3) is 0 Å². The fourth-order valence-corrected chi connectivity index (χ4v) is 1.83. The van der Waals surface area contributed by atoms with Crippen LogP contribution in [0, 0.1) is 0 Å². The summed E-state index contributed by atoms with van der Waals surface area (Å²) in [6.07, 6.45) is 1.87. The SMILES string of the molecule is CN(C)Cc1ccccc1C=NNc1ccccc1. The van der Waals surface area contributed by atoms with Crippen LogP contribution in [0.2, 0.25) is 0 Å². The first-order chi connectivity index (χ1) is 9.25. The lowest BCUT2D eigenvalue weighted by Gasteiger charge is -2.11. The van der Waals surface area contributed by atoms with Gasteiger partial charge in [0, 0.05) is 6.54 Å². The average Bonchev–Trinajstić information content (AvgIpc) is 2.41. The molecule has 3 heteroatoms. The van der Waals surface area contributed by atoms with Crippen molar-refractivity contribution in [3.63, 3.8) is 0 Å². The van der Waals surface area contributed by atoms with E-state index in [-0.39, 0.29) is 0 Å². The molecule has 0 amide bonds. The molecule has 0 aliphatic heterocycles. The van der Waals surface area contributed by atoms with E-state index in [0.29, 0.717) is 0 Å². The molecule has 2 aromatic carbocycles. The Kier molecular flexibility index (Phi) is 4.70. The highest BCUT2D eigenvalue weighted by atomic mass is 15.3. The molecule has 2 rings (SSSR count). The monoisotopic (exact) mass is 253 g/mol. The summed E-state index contributed by atoms with van der Waals surface area (Å²) in [7, 11) is 4.13. The fourth-order valence-electron chi connectivity index (χ4n) is 1.83. The minimum Gasteiger partial charge on any atom is -0.305 e. The minimum atomic E-state index is 0.910. The van der Waals surface area contributed by atoms with Crippen molar-refractivity contribution in [2.45, 2.75) is 6.54 Å². The summed E-state index contributed by atoms with van der Waals surface area (Å²) in [4.78, 5) is 2.15.